The Hall–Kier alpha value is -3.93. The number of hydrogen-bond donors (Lipinski definition) is 2. The van der Waals surface area contributed by atoms with Crippen LogP contribution < -0.4 is 10.6 Å². The van der Waals surface area contributed by atoms with Gasteiger partial charge in [-0.25, -0.2) is 4.79 Å². The Labute approximate surface area is 174 Å². The van der Waals surface area contributed by atoms with E-state index in [9.17, 15) is 14.4 Å². The first-order valence-corrected chi connectivity index (χ1v) is 9.48. The summed E-state index contributed by atoms with van der Waals surface area (Å²) in [6.07, 6.45) is -0.989. The molecule has 2 N–H and O–H groups in total. The largest absolute Gasteiger partial charge is 0.449 e. The van der Waals surface area contributed by atoms with Gasteiger partial charge in [0.2, 0.25) is 5.91 Å². The SMILES string of the molecule is CC(=O)Nc1ccc(C(=O)O[C@@H](C)C(=O)Nc2ccccc2-c2ccccc2)cc1. The van der Waals surface area contributed by atoms with Gasteiger partial charge in [0.15, 0.2) is 6.10 Å². The molecule has 0 unspecified atom stereocenters. The van der Waals surface area contributed by atoms with Gasteiger partial charge < -0.3 is 15.4 Å². The predicted molar refractivity (Wildman–Crippen MR) is 116 cm³/mol. The molecular weight excluding hydrogens is 380 g/mol. The number of para-hydroxylation sites is 1. The Morgan fingerprint density at radius 2 is 1.43 bits per heavy atom. The van der Waals surface area contributed by atoms with Crippen LogP contribution >= 0.6 is 0 Å². The van der Waals surface area contributed by atoms with Gasteiger partial charge in [0.25, 0.3) is 5.91 Å². The van der Waals surface area contributed by atoms with E-state index in [1.165, 1.54) is 26.0 Å². The number of rotatable bonds is 6. The molecule has 0 radical (unpaired) electrons. The number of benzene rings is 3. The lowest BCUT2D eigenvalue weighted by Gasteiger charge is -2.16. The first kappa shape index (κ1) is 20.8. The van der Waals surface area contributed by atoms with Crippen LogP contribution in [0.3, 0.4) is 0 Å². The van der Waals surface area contributed by atoms with Crippen molar-refractivity contribution in [2.24, 2.45) is 0 Å². The molecule has 0 aliphatic rings. The van der Waals surface area contributed by atoms with E-state index in [2.05, 4.69) is 10.6 Å². The Balaban J connectivity index is 1.65. The second-order valence-electron chi connectivity index (χ2n) is 6.71. The molecule has 30 heavy (non-hydrogen) atoms. The molecule has 152 valence electrons. The van der Waals surface area contributed by atoms with Crippen LogP contribution in [0.15, 0.2) is 78.9 Å². The van der Waals surface area contributed by atoms with Crippen LogP contribution in [0.1, 0.15) is 24.2 Å². The Bertz CT molecular complexity index is 1050. The minimum absolute atomic E-state index is 0.202. The van der Waals surface area contributed by atoms with E-state index in [1.807, 2.05) is 48.5 Å². The molecule has 6 heteroatoms. The summed E-state index contributed by atoms with van der Waals surface area (Å²) < 4.78 is 5.30. The van der Waals surface area contributed by atoms with E-state index in [4.69, 9.17) is 4.74 Å². The molecule has 1 atom stereocenters. The summed E-state index contributed by atoms with van der Waals surface area (Å²) in [6.45, 7) is 2.92. The third-order valence-corrected chi connectivity index (χ3v) is 4.36. The van der Waals surface area contributed by atoms with Gasteiger partial charge in [-0.1, -0.05) is 48.5 Å². The Morgan fingerprint density at radius 1 is 0.800 bits per heavy atom. The molecule has 0 aliphatic heterocycles. The smallest absolute Gasteiger partial charge is 0.338 e. The first-order valence-electron chi connectivity index (χ1n) is 9.48. The maximum absolute atomic E-state index is 12.6. The zero-order chi connectivity index (χ0) is 21.5. The van der Waals surface area contributed by atoms with Crippen LogP contribution in [-0.2, 0) is 14.3 Å². The molecule has 0 heterocycles. The fourth-order valence-electron chi connectivity index (χ4n) is 2.87. The highest BCUT2D eigenvalue weighted by Gasteiger charge is 2.20. The van der Waals surface area contributed by atoms with Crippen LogP contribution in [0.5, 0.6) is 0 Å². The molecule has 6 nitrogen and oxygen atoms in total. The van der Waals surface area contributed by atoms with Crippen LogP contribution in [-0.4, -0.2) is 23.9 Å². The summed E-state index contributed by atoms with van der Waals surface area (Å²) in [6, 6.07) is 23.4. The molecule has 0 spiro atoms. The quantitative estimate of drug-likeness (QED) is 0.595. The first-order chi connectivity index (χ1) is 14.4. The van der Waals surface area contributed by atoms with Crippen molar-refractivity contribution >= 4 is 29.2 Å². The highest BCUT2D eigenvalue weighted by molar-refractivity contribution is 6.00. The third-order valence-electron chi connectivity index (χ3n) is 4.36. The van der Waals surface area contributed by atoms with Crippen molar-refractivity contribution in [3.63, 3.8) is 0 Å². The molecule has 0 saturated heterocycles. The Kier molecular flexibility index (Phi) is 6.60. The van der Waals surface area contributed by atoms with Gasteiger partial charge >= 0.3 is 5.97 Å². The average Bonchev–Trinajstić information content (AvgIpc) is 2.74. The number of carbonyl (C=O) groups excluding carboxylic acids is 3. The fourth-order valence-corrected chi connectivity index (χ4v) is 2.87. The van der Waals surface area contributed by atoms with Crippen LogP contribution in [0.25, 0.3) is 11.1 Å². The molecule has 3 rings (SSSR count). The molecule has 0 fully saturated rings. The molecule has 0 aromatic heterocycles. The van der Waals surface area contributed by atoms with Crippen molar-refractivity contribution in [3.05, 3.63) is 84.4 Å². The van der Waals surface area contributed by atoms with E-state index in [-0.39, 0.29) is 11.5 Å². The van der Waals surface area contributed by atoms with Crippen molar-refractivity contribution in [1.82, 2.24) is 0 Å². The molecule has 3 aromatic rings. The van der Waals surface area contributed by atoms with E-state index >= 15 is 0 Å². The van der Waals surface area contributed by atoms with E-state index < -0.39 is 18.0 Å². The van der Waals surface area contributed by atoms with Gasteiger partial charge in [-0.2, -0.15) is 0 Å². The van der Waals surface area contributed by atoms with Gasteiger partial charge in [0.1, 0.15) is 0 Å². The monoisotopic (exact) mass is 402 g/mol. The molecule has 2 amide bonds. The molecule has 3 aromatic carbocycles. The van der Waals surface area contributed by atoms with Gasteiger partial charge in [0.05, 0.1) is 5.56 Å². The highest BCUT2D eigenvalue weighted by atomic mass is 16.5. The summed E-state index contributed by atoms with van der Waals surface area (Å²) in [5.74, 6) is -1.25. The van der Waals surface area contributed by atoms with Gasteiger partial charge in [-0.05, 0) is 42.8 Å². The lowest BCUT2D eigenvalue weighted by Crippen LogP contribution is -2.30. The normalized spacial score (nSPS) is 11.3. The number of hydrogen-bond acceptors (Lipinski definition) is 4. The van der Waals surface area contributed by atoms with Crippen molar-refractivity contribution in [2.45, 2.75) is 20.0 Å². The highest BCUT2D eigenvalue weighted by Crippen LogP contribution is 2.27. The summed E-state index contributed by atoms with van der Waals surface area (Å²) >= 11 is 0. The number of nitrogens with one attached hydrogen (secondary N) is 2. The minimum Gasteiger partial charge on any atom is -0.449 e. The maximum atomic E-state index is 12.6. The van der Waals surface area contributed by atoms with E-state index in [0.717, 1.165) is 11.1 Å². The lowest BCUT2D eigenvalue weighted by molar-refractivity contribution is -0.123. The summed E-state index contributed by atoms with van der Waals surface area (Å²) in [4.78, 5) is 36.0. The lowest BCUT2D eigenvalue weighted by atomic mass is 10.0. The van der Waals surface area contributed by atoms with Crippen molar-refractivity contribution in [1.29, 1.82) is 0 Å². The summed E-state index contributed by atoms with van der Waals surface area (Å²) in [7, 11) is 0. The van der Waals surface area contributed by atoms with Crippen molar-refractivity contribution in [2.75, 3.05) is 10.6 Å². The van der Waals surface area contributed by atoms with Gasteiger partial charge in [0, 0.05) is 23.9 Å². The zero-order valence-corrected chi connectivity index (χ0v) is 16.7. The molecule has 0 bridgehead atoms. The standard InChI is InChI=1S/C24H22N2O4/c1-16(30-24(29)19-12-14-20(15-13-19)25-17(2)27)23(28)26-22-11-7-6-10-21(22)18-8-4-3-5-9-18/h3-16H,1-2H3,(H,25,27)(H,26,28)/t16-/m0/s1. The van der Waals surface area contributed by atoms with Gasteiger partial charge in [-0.3, -0.25) is 9.59 Å². The van der Waals surface area contributed by atoms with Crippen LogP contribution in [0.4, 0.5) is 11.4 Å². The summed E-state index contributed by atoms with van der Waals surface area (Å²) in [5, 5.41) is 5.45. The van der Waals surface area contributed by atoms with Crippen LogP contribution in [0, 0.1) is 0 Å². The van der Waals surface area contributed by atoms with E-state index in [1.54, 1.807) is 18.2 Å². The zero-order valence-electron chi connectivity index (χ0n) is 16.7. The summed E-state index contributed by atoms with van der Waals surface area (Å²) in [5.41, 5.74) is 3.34. The average molecular weight is 402 g/mol. The second-order valence-corrected chi connectivity index (χ2v) is 6.71. The predicted octanol–water partition coefficient (Wildman–Crippen LogP) is 4.50. The van der Waals surface area contributed by atoms with Crippen molar-refractivity contribution in [3.8, 4) is 11.1 Å². The number of anilines is 2. The minimum atomic E-state index is -0.989. The third kappa shape index (κ3) is 5.32. The topological polar surface area (TPSA) is 84.5 Å². The molecule has 0 aliphatic carbocycles. The fraction of sp³-hybridized carbons (Fsp3) is 0.125. The number of carbonyl (C=O) groups is 3. The number of esters is 1. The van der Waals surface area contributed by atoms with Crippen molar-refractivity contribution < 1.29 is 19.1 Å². The number of ether oxygens (including phenoxy) is 1. The maximum Gasteiger partial charge on any atom is 0.338 e. The Morgan fingerprint density at radius 3 is 2.10 bits per heavy atom. The molecular formula is C24H22N2O4. The van der Waals surface area contributed by atoms with E-state index in [0.29, 0.717) is 11.4 Å². The molecule has 0 saturated carbocycles. The van der Waals surface area contributed by atoms with Crippen LogP contribution in [0.2, 0.25) is 0 Å². The number of amides is 2. The van der Waals surface area contributed by atoms with Gasteiger partial charge in [-0.15, -0.1) is 0 Å². The second kappa shape index (κ2) is 9.52.